The zero-order valence-corrected chi connectivity index (χ0v) is 13.0. The SMILES string of the molecule is Oc1ccc2c(c1)sc1c2ccc2c3ccc(O)cc3sc21. The molecular weight excluding hydrogens is 312 g/mol. The largest absolute Gasteiger partial charge is 0.508 e. The van der Waals surface area contributed by atoms with Gasteiger partial charge in [-0.15, -0.1) is 22.7 Å². The highest BCUT2D eigenvalue weighted by Crippen LogP contribution is 2.45. The smallest absolute Gasteiger partial charge is 0.117 e. The van der Waals surface area contributed by atoms with Crippen molar-refractivity contribution < 1.29 is 10.2 Å². The Morgan fingerprint density at radius 2 is 0.955 bits per heavy atom. The summed E-state index contributed by atoms with van der Waals surface area (Å²) in [6.07, 6.45) is 0. The van der Waals surface area contributed by atoms with Crippen LogP contribution >= 0.6 is 22.7 Å². The highest BCUT2D eigenvalue weighted by atomic mass is 32.1. The van der Waals surface area contributed by atoms with E-state index in [4.69, 9.17) is 0 Å². The number of phenols is 2. The highest BCUT2D eigenvalue weighted by Gasteiger charge is 2.13. The topological polar surface area (TPSA) is 40.5 Å². The van der Waals surface area contributed by atoms with Crippen LogP contribution in [0.1, 0.15) is 0 Å². The molecular formula is C18H10O2S2. The Morgan fingerprint density at radius 1 is 0.545 bits per heavy atom. The van der Waals surface area contributed by atoms with Gasteiger partial charge in [0, 0.05) is 30.9 Å². The molecule has 0 saturated heterocycles. The van der Waals surface area contributed by atoms with Crippen LogP contribution in [0.4, 0.5) is 0 Å². The lowest BCUT2D eigenvalue weighted by atomic mass is 10.1. The summed E-state index contributed by atoms with van der Waals surface area (Å²) in [7, 11) is 0. The number of hydrogen-bond donors (Lipinski definition) is 2. The summed E-state index contributed by atoms with van der Waals surface area (Å²) in [5.74, 6) is 0.605. The van der Waals surface area contributed by atoms with Crippen LogP contribution in [-0.4, -0.2) is 10.2 Å². The monoisotopic (exact) mass is 322 g/mol. The molecule has 4 heteroatoms. The second kappa shape index (κ2) is 4.12. The first kappa shape index (κ1) is 12.3. The summed E-state index contributed by atoms with van der Waals surface area (Å²) >= 11 is 3.43. The lowest BCUT2D eigenvalue weighted by Gasteiger charge is -1.95. The maximum Gasteiger partial charge on any atom is 0.117 e. The summed E-state index contributed by atoms with van der Waals surface area (Å²) in [6, 6.07) is 15.4. The number of thiophene rings is 2. The summed E-state index contributed by atoms with van der Waals surface area (Å²) in [5.41, 5.74) is 0. The quantitative estimate of drug-likeness (QED) is 0.376. The van der Waals surface area contributed by atoms with Crippen molar-refractivity contribution in [2.45, 2.75) is 0 Å². The average molecular weight is 322 g/mol. The van der Waals surface area contributed by atoms with Crippen LogP contribution in [0.25, 0.3) is 40.3 Å². The molecule has 106 valence electrons. The minimum atomic E-state index is 0.302. The van der Waals surface area contributed by atoms with Gasteiger partial charge >= 0.3 is 0 Å². The van der Waals surface area contributed by atoms with Crippen molar-refractivity contribution in [1.82, 2.24) is 0 Å². The Balaban J connectivity index is 2.02. The van der Waals surface area contributed by atoms with E-state index in [1.165, 1.54) is 30.9 Å². The molecule has 5 aromatic rings. The normalized spacial score (nSPS) is 12.0. The van der Waals surface area contributed by atoms with Gasteiger partial charge in [-0.25, -0.2) is 0 Å². The van der Waals surface area contributed by atoms with Gasteiger partial charge in [-0.2, -0.15) is 0 Å². The molecule has 5 rings (SSSR count). The second-order valence-electron chi connectivity index (χ2n) is 5.38. The van der Waals surface area contributed by atoms with E-state index in [1.807, 2.05) is 24.3 Å². The maximum absolute atomic E-state index is 9.70. The predicted octanol–water partition coefficient (Wildman–Crippen LogP) is 5.83. The molecule has 22 heavy (non-hydrogen) atoms. The molecule has 0 unspecified atom stereocenters. The number of fused-ring (bicyclic) bond motifs is 7. The first-order valence-corrected chi connectivity index (χ1v) is 8.53. The van der Waals surface area contributed by atoms with E-state index in [0.717, 1.165) is 9.40 Å². The third kappa shape index (κ3) is 1.54. The number of phenolic OH excluding ortho intramolecular Hbond substituents is 2. The summed E-state index contributed by atoms with van der Waals surface area (Å²) in [5, 5.41) is 24.2. The molecule has 0 aliphatic carbocycles. The first-order chi connectivity index (χ1) is 10.7. The molecule has 3 aromatic carbocycles. The summed E-state index contributed by atoms with van der Waals surface area (Å²) in [4.78, 5) is 0. The molecule has 0 amide bonds. The van der Waals surface area contributed by atoms with Crippen molar-refractivity contribution in [2.24, 2.45) is 0 Å². The number of aromatic hydroxyl groups is 2. The van der Waals surface area contributed by atoms with Crippen LogP contribution in [0.3, 0.4) is 0 Å². The minimum absolute atomic E-state index is 0.302. The molecule has 0 spiro atoms. The highest BCUT2D eigenvalue weighted by molar-refractivity contribution is 7.33. The Morgan fingerprint density at radius 3 is 1.41 bits per heavy atom. The van der Waals surface area contributed by atoms with Gasteiger partial charge in [-0.1, -0.05) is 12.1 Å². The Bertz CT molecular complexity index is 1100. The van der Waals surface area contributed by atoms with Crippen LogP contribution < -0.4 is 0 Å². The van der Waals surface area contributed by atoms with E-state index in [0.29, 0.717) is 11.5 Å². The van der Waals surface area contributed by atoms with Crippen LogP contribution in [0.15, 0.2) is 48.5 Å². The minimum Gasteiger partial charge on any atom is -0.508 e. The van der Waals surface area contributed by atoms with E-state index < -0.39 is 0 Å². The fourth-order valence-corrected chi connectivity index (χ4v) is 5.65. The molecule has 0 fully saturated rings. The van der Waals surface area contributed by atoms with Crippen molar-refractivity contribution in [2.75, 3.05) is 0 Å². The zero-order chi connectivity index (χ0) is 14.8. The van der Waals surface area contributed by atoms with E-state index in [-0.39, 0.29) is 0 Å². The van der Waals surface area contributed by atoms with Gasteiger partial charge in [0.05, 0.1) is 9.40 Å². The second-order valence-corrected chi connectivity index (χ2v) is 7.49. The van der Waals surface area contributed by atoms with Gasteiger partial charge in [-0.05, 0) is 36.4 Å². The van der Waals surface area contributed by atoms with Gasteiger partial charge < -0.3 is 10.2 Å². The molecule has 0 aliphatic rings. The Hall–Kier alpha value is -2.30. The molecule has 2 aromatic heterocycles. The van der Waals surface area contributed by atoms with E-state index in [1.54, 1.807) is 34.8 Å². The predicted molar refractivity (Wildman–Crippen MR) is 95.5 cm³/mol. The summed E-state index contributed by atoms with van der Waals surface area (Å²) < 4.78 is 4.70. The molecule has 0 saturated carbocycles. The van der Waals surface area contributed by atoms with Gasteiger partial charge in [-0.3, -0.25) is 0 Å². The van der Waals surface area contributed by atoms with Gasteiger partial charge in [0.1, 0.15) is 11.5 Å². The third-order valence-corrected chi connectivity index (χ3v) is 6.55. The fourth-order valence-electron chi connectivity index (χ4n) is 3.05. The number of benzene rings is 3. The Kier molecular flexibility index (Phi) is 2.30. The summed E-state index contributed by atoms with van der Waals surface area (Å²) in [6.45, 7) is 0. The number of hydrogen-bond acceptors (Lipinski definition) is 4. The van der Waals surface area contributed by atoms with E-state index >= 15 is 0 Å². The molecule has 0 atom stereocenters. The van der Waals surface area contributed by atoms with Gasteiger partial charge in [0.2, 0.25) is 0 Å². The zero-order valence-electron chi connectivity index (χ0n) is 11.3. The van der Waals surface area contributed by atoms with Crippen molar-refractivity contribution in [3.8, 4) is 11.5 Å². The lowest BCUT2D eigenvalue weighted by molar-refractivity contribution is 0.475. The third-order valence-electron chi connectivity index (χ3n) is 4.05. The molecule has 2 heterocycles. The molecule has 0 bridgehead atoms. The maximum atomic E-state index is 9.70. The molecule has 0 radical (unpaired) electrons. The van der Waals surface area contributed by atoms with Crippen LogP contribution in [0.5, 0.6) is 11.5 Å². The molecule has 2 nitrogen and oxygen atoms in total. The van der Waals surface area contributed by atoms with Crippen molar-refractivity contribution in [3.63, 3.8) is 0 Å². The van der Waals surface area contributed by atoms with Crippen LogP contribution in [0, 0.1) is 0 Å². The van der Waals surface area contributed by atoms with E-state index in [9.17, 15) is 10.2 Å². The standard InChI is InChI=1S/C18H10O2S2/c19-9-1-3-11-13-5-6-14-12-4-2-10(20)8-16(12)22-18(14)17(13)21-15(11)7-9/h1-8,19-20H. The van der Waals surface area contributed by atoms with Crippen LogP contribution in [0.2, 0.25) is 0 Å². The Labute approximate surface area is 133 Å². The van der Waals surface area contributed by atoms with Crippen molar-refractivity contribution in [1.29, 1.82) is 0 Å². The van der Waals surface area contributed by atoms with Crippen molar-refractivity contribution in [3.05, 3.63) is 48.5 Å². The van der Waals surface area contributed by atoms with Gasteiger partial charge in [0.15, 0.2) is 0 Å². The average Bonchev–Trinajstić information content (AvgIpc) is 3.03. The molecule has 2 N–H and O–H groups in total. The van der Waals surface area contributed by atoms with E-state index in [2.05, 4.69) is 12.1 Å². The van der Waals surface area contributed by atoms with Crippen LogP contribution in [-0.2, 0) is 0 Å². The van der Waals surface area contributed by atoms with Gasteiger partial charge in [0.25, 0.3) is 0 Å². The fraction of sp³-hybridized carbons (Fsp3) is 0. The molecule has 0 aliphatic heterocycles. The van der Waals surface area contributed by atoms with Crippen molar-refractivity contribution >= 4 is 63.0 Å². The first-order valence-electron chi connectivity index (χ1n) is 6.90. The number of rotatable bonds is 0. The lowest BCUT2D eigenvalue weighted by Crippen LogP contribution is -1.68.